The summed E-state index contributed by atoms with van der Waals surface area (Å²) in [5, 5.41) is 8.37. The number of nitrogens with zero attached hydrogens (tertiary/aromatic N) is 1. The molecule has 0 radical (unpaired) electrons. The van der Waals surface area contributed by atoms with Crippen molar-refractivity contribution in [2.45, 2.75) is 6.92 Å². The Morgan fingerprint density at radius 3 is 2.38 bits per heavy atom. The van der Waals surface area contributed by atoms with Gasteiger partial charge in [0.2, 0.25) is 0 Å². The first kappa shape index (κ1) is 18.4. The number of hydrogen-bond acceptors (Lipinski definition) is 5. The smallest absolute Gasteiger partial charge is 0.196 e. The molecule has 0 bridgehead atoms. The summed E-state index contributed by atoms with van der Waals surface area (Å²) in [5.41, 5.74) is 5.09. The summed E-state index contributed by atoms with van der Waals surface area (Å²) < 4.78 is 11.9. The highest BCUT2D eigenvalue weighted by atomic mass is 16.5. The summed E-state index contributed by atoms with van der Waals surface area (Å²) >= 11 is 0. The normalized spacial score (nSPS) is 12.0. The number of benzene rings is 4. The van der Waals surface area contributed by atoms with Gasteiger partial charge in [-0.3, -0.25) is 4.79 Å². The van der Waals surface area contributed by atoms with Gasteiger partial charge in [-0.25, -0.2) is 0 Å². The Labute approximate surface area is 184 Å². The van der Waals surface area contributed by atoms with Crippen LogP contribution in [0.2, 0.25) is 0 Å². The van der Waals surface area contributed by atoms with Gasteiger partial charge in [0.15, 0.2) is 22.8 Å². The Hall–Kier alpha value is -4.38. The van der Waals surface area contributed by atoms with E-state index in [2.05, 4.69) is 10.5 Å². The number of aryl methyl sites for hydroxylation is 1. The van der Waals surface area contributed by atoms with Gasteiger partial charge in [-0.2, -0.15) is 0 Å². The number of fused-ring (bicyclic) bond motifs is 2. The van der Waals surface area contributed by atoms with Gasteiger partial charge in [-0.1, -0.05) is 65.3 Å². The van der Waals surface area contributed by atoms with E-state index in [0.29, 0.717) is 45.0 Å². The van der Waals surface area contributed by atoms with Crippen molar-refractivity contribution in [3.8, 4) is 22.8 Å². The molecule has 0 aliphatic heterocycles. The molecular formula is C27H18N2O3. The third-order valence-corrected chi connectivity index (χ3v) is 5.67. The van der Waals surface area contributed by atoms with Crippen molar-refractivity contribution < 1.29 is 14.1 Å². The van der Waals surface area contributed by atoms with Gasteiger partial charge in [0.1, 0.15) is 5.75 Å². The highest BCUT2D eigenvalue weighted by Gasteiger charge is 2.33. The minimum atomic E-state index is -0.0674. The molecule has 0 spiro atoms. The number of ketones is 1. The van der Waals surface area contributed by atoms with Crippen LogP contribution in [0.5, 0.6) is 11.5 Å². The van der Waals surface area contributed by atoms with Gasteiger partial charge in [0.05, 0.1) is 16.6 Å². The third kappa shape index (κ3) is 2.87. The average molecular weight is 418 g/mol. The van der Waals surface area contributed by atoms with Crippen molar-refractivity contribution in [2.24, 2.45) is 0 Å². The molecule has 1 aromatic heterocycles. The van der Waals surface area contributed by atoms with Crippen LogP contribution in [0, 0.1) is 6.92 Å². The molecule has 0 amide bonds. The zero-order valence-corrected chi connectivity index (χ0v) is 17.3. The number of ether oxygens (including phenoxy) is 1. The molecule has 5 nitrogen and oxygen atoms in total. The topological polar surface area (TPSA) is 64.4 Å². The third-order valence-electron chi connectivity index (χ3n) is 5.67. The van der Waals surface area contributed by atoms with Crippen molar-refractivity contribution in [3.63, 3.8) is 0 Å². The second kappa shape index (κ2) is 7.10. The van der Waals surface area contributed by atoms with Crippen LogP contribution in [-0.2, 0) is 0 Å². The number of carbonyl (C=O) groups is 1. The number of hydrogen-bond donors (Lipinski definition) is 1. The van der Waals surface area contributed by atoms with Crippen LogP contribution in [0.4, 0.5) is 11.4 Å². The number of para-hydroxylation sites is 1. The van der Waals surface area contributed by atoms with Gasteiger partial charge in [0, 0.05) is 22.9 Å². The summed E-state index contributed by atoms with van der Waals surface area (Å²) in [6.07, 6.45) is 0. The Balaban J connectivity index is 1.60. The Morgan fingerprint density at radius 1 is 0.875 bits per heavy atom. The van der Waals surface area contributed by atoms with E-state index in [1.165, 1.54) is 0 Å². The van der Waals surface area contributed by atoms with E-state index in [1.807, 2.05) is 91.9 Å². The first-order chi connectivity index (χ1) is 15.7. The van der Waals surface area contributed by atoms with Crippen molar-refractivity contribution in [2.75, 3.05) is 5.32 Å². The van der Waals surface area contributed by atoms with E-state index < -0.39 is 0 Å². The van der Waals surface area contributed by atoms with Crippen LogP contribution in [0.25, 0.3) is 22.2 Å². The molecule has 5 aromatic rings. The van der Waals surface area contributed by atoms with Crippen LogP contribution in [0.15, 0.2) is 89.5 Å². The molecule has 6 rings (SSSR count). The molecule has 0 fully saturated rings. The first-order valence-corrected chi connectivity index (χ1v) is 10.4. The fraction of sp³-hybridized carbons (Fsp3) is 0.0370. The summed E-state index contributed by atoms with van der Waals surface area (Å²) in [4.78, 5) is 13.6. The Bertz CT molecular complexity index is 1490. The predicted octanol–water partition coefficient (Wildman–Crippen LogP) is 6.88. The predicted molar refractivity (Wildman–Crippen MR) is 124 cm³/mol. The molecule has 0 unspecified atom stereocenters. The standard InChI is InChI=1S/C27H18N2O3/c1-16-11-13-17(14-12-16)28-21-15-22(31-18-7-3-2-4-8-18)25-24-23(21)26(30)19-9-5-6-10-20(19)27(24)32-29-25/h2-15,28H,1H3. The van der Waals surface area contributed by atoms with Crippen LogP contribution >= 0.6 is 0 Å². The van der Waals surface area contributed by atoms with Crippen LogP contribution in [0.3, 0.4) is 0 Å². The molecule has 4 aromatic carbocycles. The zero-order chi connectivity index (χ0) is 21.7. The van der Waals surface area contributed by atoms with E-state index >= 15 is 0 Å². The fourth-order valence-corrected chi connectivity index (χ4v) is 4.11. The maximum atomic E-state index is 13.6. The summed E-state index contributed by atoms with van der Waals surface area (Å²) in [6, 6.07) is 26.8. The van der Waals surface area contributed by atoms with Crippen molar-refractivity contribution in [1.82, 2.24) is 5.16 Å². The van der Waals surface area contributed by atoms with Gasteiger partial charge < -0.3 is 14.6 Å². The molecule has 1 aliphatic carbocycles. The highest BCUT2D eigenvalue weighted by Crippen LogP contribution is 2.46. The lowest BCUT2D eigenvalue weighted by atomic mass is 9.86. The molecule has 32 heavy (non-hydrogen) atoms. The maximum Gasteiger partial charge on any atom is 0.196 e. The van der Waals surface area contributed by atoms with Gasteiger partial charge >= 0.3 is 0 Å². The Morgan fingerprint density at radius 2 is 1.59 bits per heavy atom. The molecule has 0 atom stereocenters. The van der Waals surface area contributed by atoms with E-state index in [4.69, 9.17) is 9.26 Å². The SMILES string of the molecule is Cc1ccc(Nc2cc(Oc3ccccc3)c3noc4c3c2C(=O)c2ccccc2-4)cc1. The minimum Gasteiger partial charge on any atom is -0.455 e. The number of aromatic nitrogens is 1. The van der Waals surface area contributed by atoms with E-state index in [9.17, 15) is 4.79 Å². The van der Waals surface area contributed by atoms with Crippen LogP contribution in [-0.4, -0.2) is 10.9 Å². The maximum absolute atomic E-state index is 13.6. The second-order valence-electron chi connectivity index (χ2n) is 7.81. The lowest BCUT2D eigenvalue weighted by Gasteiger charge is -2.19. The number of carbonyl (C=O) groups excluding carboxylic acids is 1. The minimum absolute atomic E-state index is 0.0674. The largest absolute Gasteiger partial charge is 0.455 e. The average Bonchev–Trinajstić information content (AvgIpc) is 3.26. The number of nitrogens with one attached hydrogen (secondary N) is 1. The van der Waals surface area contributed by atoms with Gasteiger partial charge in [-0.15, -0.1) is 0 Å². The highest BCUT2D eigenvalue weighted by molar-refractivity contribution is 6.28. The molecule has 5 heteroatoms. The summed E-state index contributed by atoms with van der Waals surface area (Å²) in [7, 11) is 0. The molecule has 0 saturated heterocycles. The Kier molecular flexibility index (Phi) is 4.08. The lowest BCUT2D eigenvalue weighted by molar-refractivity contribution is 0.104. The molecule has 1 aliphatic rings. The van der Waals surface area contributed by atoms with Crippen LogP contribution < -0.4 is 10.1 Å². The second-order valence-corrected chi connectivity index (χ2v) is 7.81. The fourth-order valence-electron chi connectivity index (χ4n) is 4.11. The zero-order valence-electron chi connectivity index (χ0n) is 17.3. The quantitative estimate of drug-likeness (QED) is 0.338. The molecular weight excluding hydrogens is 400 g/mol. The van der Waals surface area contributed by atoms with Crippen molar-refractivity contribution in [3.05, 3.63) is 102 Å². The summed E-state index contributed by atoms with van der Waals surface area (Å²) in [6.45, 7) is 2.04. The molecule has 0 saturated carbocycles. The van der Waals surface area contributed by atoms with E-state index in [1.54, 1.807) is 0 Å². The molecule has 1 heterocycles. The van der Waals surface area contributed by atoms with E-state index in [-0.39, 0.29) is 5.78 Å². The van der Waals surface area contributed by atoms with Crippen LogP contribution in [0.1, 0.15) is 21.5 Å². The van der Waals surface area contributed by atoms with Crippen molar-refractivity contribution in [1.29, 1.82) is 0 Å². The number of rotatable bonds is 4. The molecule has 1 N–H and O–H groups in total. The lowest BCUT2D eigenvalue weighted by Crippen LogP contribution is -2.11. The first-order valence-electron chi connectivity index (χ1n) is 10.4. The monoisotopic (exact) mass is 418 g/mol. The van der Waals surface area contributed by atoms with Crippen molar-refractivity contribution >= 4 is 28.1 Å². The summed E-state index contributed by atoms with van der Waals surface area (Å²) in [5.74, 6) is 1.71. The van der Waals surface area contributed by atoms with Gasteiger partial charge in [-0.05, 0) is 31.2 Å². The van der Waals surface area contributed by atoms with E-state index in [0.717, 1.165) is 16.8 Å². The number of anilines is 2. The van der Waals surface area contributed by atoms with Gasteiger partial charge in [0.25, 0.3) is 0 Å². The molecule has 154 valence electrons.